The molecular weight excluding hydrogens is 409 g/mol. The van der Waals surface area contributed by atoms with Crippen LogP contribution in [0.5, 0.6) is 0 Å². The molecule has 0 aliphatic heterocycles. The highest BCUT2D eigenvalue weighted by Gasteiger charge is 2.55. The molecule has 31 heavy (non-hydrogen) atoms. The molecule has 11 heteroatoms. The van der Waals surface area contributed by atoms with Crippen LogP contribution < -0.4 is 16.0 Å². The Balaban J connectivity index is 2.16. The SMILES string of the molecule is CC(C)OC(=O)N[C@H](C(=O)NC1(C(=O)C(=O)Nc2ccn(C)n2)CC(F)C1)C(C)(C)C. The van der Waals surface area contributed by atoms with Crippen LogP contribution in [0.4, 0.5) is 15.0 Å². The molecule has 1 heterocycles. The van der Waals surface area contributed by atoms with Crippen LogP contribution in [0, 0.1) is 5.41 Å². The fourth-order valence-electron chi connectivity index (χ4n) is 3.26. The molecular formula is C20H30FN5O5. The first-order valence-electron chi connectivity index (χ1n) is 10.0. The number of amides is 3. The Labute approximate surface area is 180 Å². The highest BCUT2D eigenvalue weighted by Crippen LogP contribution is 2.36. The minimum Gasteiger partial charge on any atom is -0.447 e. The van der Waals surface area contributed by atoms with E-state index in [1.54, 1.807) is 47.9 Å². The van der Waals surface area contributed by atoms with Gasteiger partial charge in [0.25, 0.3) is 5.91 Å². The molecule has 1 aromatic heterocycles. The molecule has 0 radical (unpaired) electrons. The lowest BCUT2D eigenvalue weighted by atomic mass is 9.71. The molecule has 3 amide bonds. The summed E-state index contributed by atoms with van der Waals surface area (Å²) >= 11 is 0. The van der Waals surface area contributed by atoms with E-state index in [4.69, 9.17) is 4.74 Å². The largest absolute Gasteiger partial charge is 0.447 e. The van der Waals surface area contributed by atoms with Crippen molar-refractivity contribution in [3.05, 3.63) is 12.3 Å². The summed E-state index contributed by atoms with van der Waals surface area (Å²) in [7, 11) is 1.64. The number of nitrogens with zero attached hydrogens (tertiary/aromatic N) is 2. The Bertz CT molecular complexity index is 854. The van der Waals surface area contributed by atoms with Gasteiger partial charge in [-0.05, 0) is 19.3 Å². The molecule has 10 nitrogen and oxygen atoms in total. The molecule has 0 spiro atoms. The van der Waals surface area contributed by atoms with Gasteiger partial charge in [-0.3, -0.25) is 19.1 Å². The third-order valence-corrected chi connectivity index (χ3v) is 4.83. The standard InChI is InChI=1S/C20H30FN5O5/c1-11(2)31-18(30)23-14(19(3,4)5)16(28)24-20(9-12(21)10-20)15(27)17(29)22-13-7-8-26(6)25-13/h7-8,11-12,14H,9-10H2,1-6H3,(H,23,30)(H,24,28)(H,22,25,29)/t12?,14-,20?/m1/s1. The zero-order chi connectivity index (χ0) is 23.6. The van der Waals surface area contributed by atoms with E-state index in [2.05, 4.69) is 21.0 Å². The number of halogens is 1. The lowest BCUT2D eigenvalue weighted by Gasteiger charge is -2.44. The van der Waals surface area contributed by atoms with Gasteiger partial charge in [0, 0.05) is 32.2 Å². The predicted octanol–water partition coefficient (Wildman–Crippen LogP) is 1.46. The summed E-state index contributed by atoms with van der Waals surface area (Å²) in [6, 6.07) is 0.413. The Morgan fingerprint density at radius 3 is 2.32 bits per heavy atom. The average molecular weight is 439 g/mol. The molecule has 0 saturated heterocycles. The van der Waals surface area contributed by atoms with Gasteiger partial charge in [0.15, 0.2) is 5.82 Å². The lowest BCUT2D eigenvalue weighted by Crippen LogP contribution is -2.69. The lowest BCUT2D eigenvalue weighted by molar-refractivity contribution is -0.146. The number of hydrogen-bond donors (Lipinski definition) is 3. The van der Waals surface area contributed by atoms with Crippen molar-refractivity contribution in [1.82, 2.24) is 20.4 Å². The Kier molecular flexibility index (Phi) is 7.07. The van der Waals surface area contributed by atoms with Crippen molar-refractivity contribution in [2.24, 2.45) is 12.5 Å². The molecule has 3 N–H and O–H groups in total. The number of anilines is 1. The van der Waals surface area contributed by atoms with Gasteiger partial charge in [0.2, 0.25) is 11.7 Å². The molecule has 1 aliphatic rings. The van der Waals surface area contributed by atoms with Gasteiger partial charge in [-0.1, -0.05) is 20.8 Å². The van der Waals surface area contributed by atoms with Gasteiger partial charge in [-0.25, -0.2) is 9.18 Å². The van der Waals surface area contributed by atoms with Crippen LogP contribution in [-0.4, -0.2) is 57.3 Å². The van der Waals surface area contributed by atoms with Crippen molar-refractivity contribution in [3.8, 4) is 0 Å². The minimum atomic E-state index is -1.69. The first-order valence-corrected chi connectivity index (χ1v) is 10.0. The van der Waals surface area contributed by atoms with Crippen molar-refractivity contribution in [3.63, 3.8) is 0 Å². The molecule has 1 aromatic rings. The smallest absolute Gasteiger partial charge is 0.408 e. The van der Waals surface area contributed by atoms with E-state index in [9.17, 15) is 23.6 Å². The van der Waals surface area contributed by atoms with E-state index in [1.165, 1.54) is 10.7 Å². The second kappa shape index (κ2) is 9.03. The number of Topliss-reactive ketones (excluding diaryl/α,β-unsaturated/α-hetero) is 1. The molecule has 0 bridgehead atoms. The van der Waals surface area contributed by atoms with Crippen LogP contribution in [0.2, 0.25) is 0 Å². The second-order valence-corrected chi connectivity index (χ2v) is 9.13. The molecule has 172 valence electrons. The number of carbonyl (C=O) groups is 4. The highest BCUT2D eigenvalue weighted by molar-refractivity contribution is 6.44. The normalized spacial score (nSPS) is 21.6. The Morgan fingerprint density at radius 2 is 1.87 bits per heavy atom. The van der Waals surface area contributed by atoms with Crippen LogP contribution in [0.1, 0.15) is 47.5 Å². The second-order valence-electron chi connectivity index (χ2n) is 9.13. The third kappa shape index (κ3) is 6.02. The van der Waals surface area contributed by atoms with E-state index in [-0.39, 0.29) is 18.7 Å². The van der Waals surface area contributed by atoms with Crippen LogP contribution >= 0.6 is 0 Å². The van der Waals surface area contributed by atoms with Gasteiger partial charge in [0.1, 0.15) is 17.8 Å². The maximum absolute atomic E-state index is 13.8. The van der Waals surface area contributed by atoms with Crippen LogP contribution in [0.25, 0.3) is 0 Å². The van der Waals surface area contributed by atoms with Crippen molar-refractivity contribution in [2.75, 3.05) is 5.32 Å². The monoisotopic (exact) mass is 439 g/mol. The fraction of sp³-hybridized carbons (Fsp3) is 0.650. The predicted molar refractivity (Wildman–Crippen MR) is 110 cm³/mol. The van der Waals surface area contributed by atoms with E-state index in [0.717, 1.165) is 0 Å². The minimum absolute atomic E-state index is 0.157. The number of nitrogens with one attached hydrogen (secondary N) is 3. The van der Waals surface area contributed by atoms with E-state index in [0.29, 0.717) is 0 Å². The molecule has 1 saturated carbocycles. The average Bonchev–Trinajstić information content (AvgIpc) is 3.00. The zero-order valence-corrected chi connectivity index (χ0v) is 18.6. The van der Waals surface area contributed by atoms with Gasteiger partial charge in [0.05, 0.1) is 6.10 Å². The molecule has 1 aliphatic carbocycles. The van der Waals surface area contributed by atoms with Crippen LogP contribution in [0.15, 0.2) is 12.3 Å². The third-order valence-electron chi connectivity index (χ3n) is 4.83. The van der Waals surface area contributed by atoms with Crippen LogP contribution in [-0.2, 0) is 26.2 Å². The summed E-state index contributed by atoms with van der Waals surface area (Å²) in [4.78, 5) is 50.3. The number of alkyl halides is 1. The molecule has 2 rings (SSSR count). The summed E-state index contributed by atoms with van der Waals surface area (Å²) in [6.45, 7) is 8.47. The first kappa shape index (κ1) is 24.3. The van der Waals surface area contributed by atoms with Crippen molar-refractivity contribution >= 4 is 29.5 Å². The number of ether oxygens (including phenoxy) is 1. The molecule has 1 atom stereocenters. The summed E-state index contributed by atoms with van der Waals surface area (Å²) in [5.41, 5.74) is -2.44. The van der Waals surface area contributed by atoms with E-state index < -0.39 is 53.0 Å². The summed E-state index contributed by atoms with van der Waals surface area (Å²) in [5.74, 6) is -2.54. The van der Waals surface area contributed by atoms with Crippen LogP contribution in [0.3, 0.4) is 0 Å². The number of alkyl carbamates (subject to hydrolysis) is 1. The maximum atomic E-state index is 13.8. The summed E-state index contributed by atoms with van der Waals surface area (Å²) in [5, 5.41) is 11.3. The maximum Gasteiger partial charge on any atom is 0.408 e. The molecule has 0 unspecified atom stereocenters. The zero-order valence-electron chi connectivity index (χ0n) is 18.6. The van der Waals surface area contributed by atoms with E-state index >= 15 is 0 Å². The number of hydrogen-bond acceptors (Lipinski definition) is 6. The number of carbonyl (C=O) groups excluding carboxylic acids is 4. The molecule has 1 fully saturated rings. The number of aryl methyl sites for hydroxylation is 1. The summed E-state index contributed by atoms with van der Waals surface area (Å²) < 4.78 is 20.2. The highest BCUT2D eigenvalue weighted by atomic mass is 19.1. The number of rotatable bonds is 7. The number of aromatic nitrogens is 2. The number of ketones is 1. The summed E-state index contributed by atoms with van der Waals surface area (Å²) in [6.07, 6.45) is -1.62. The fourth-order valence-corrected chi connectivity index (χ4v) is 3.26. The van der Waals surface area contributed by atoms with Gasteiger partial charge in [-0.2, -0.15) is 5.10 Å². The van der Waals surface area contributed by atoms with E-state index in [1.807, 2.05) is 0 Å². The Hall–Kier alpha value is -2.98. The quantitative estimate of drug-likeness (QED) is 0.551. The van der Waals surface area contributed by atoms with Gasteiger partial charge >= 0.3 is 6.09 Å². The van der Waals surface area contributed by atoms with Crippen molar-refractivity contribution in [1.29, 1.82) is 0 Å². The van der Waals surface area contributed by atoms with Crippen molar-refractivity contribution < 1.29 is 28.3 Å². The van der Waals surface area contributed by atoms with Gasteiger partial charge < -0.3 is 20.7 Å². The molecule has 0 aromatic carbocycles. The Morgan fingerprint density at radius 1 is 1.26 bits per heavy atom. The van der Waals surface area contributed by atoms with Gasteiger partial charge in [-0.15, -0.1) is 0 Å². The topological polar surface area (TPSA) is 131 Å². The first-order chi connectivity index (χ1) is 14.2. The van der Waals surface area contributed by atoms with Crippen molar-refractivity contribution in [2.45, 2.75) is 71.3 Å².